The molecule has 0 fully saturated rings. The number of carbonyl (C=O) groups excluding carboxylic acids is 2. The number of nitrogens with one attached hydrogen (secondary N) is 3. The summed E-state index contributed by atoms with van der Waals surface area (Å²) in [6, 6.07) is 5.25. The molecular formula is C20H22N6O4. The molecule has 2 heterocycles. The molecule has 2 aromatic heterocycles. The van der Waals surface area contributed by atoms with Gasteiger partial charge in [-0.2, -0.15) is 0 Å². The monoisotopic (exact) mass is 410 g/mol. The van der Waals surface area contributed by atoms with Gasteiger partial charge in [-0.1, -0.05) is 6.07 Å². The van der Waals surface area contributed by atoms with Gasteiger partial charge in [-0.05, 0) is 31.5 Å². The lowest BCUT2D eigenvalue weighted by Gasteiger charge is -2.12. The largest absolute Gasteiger partial charge is 0.419 e. The first-order valence-electron chi connectivity index (χ1n) is 9.15. The number of oxazole rings is 1. The van der Waals surface area contributed by atoms with Crippen molar-refractivity contribution in [2.45, 2.75) is 27.3 Å². The molecule has 0 bridgehead atoms. The summed E-state index contributed by atoms with van der Waals surface area (Å²) in [5.74, 6) is -1.03. The van der Waals surface area contributed by atoms with Crippen molar-refractivity contribution in [2.75, 3.05) is 5.32 Å². The predicted octanol–water partition coefficient (Wildman–Crippen LogP) is 1.57. The van der Waals surface area contributed by atoms with Crippen LogP contribution in [-0.4, -0.2) is 26.3 Å². The Morgan fingerprint density at radius 2 is 2.00 bits per heavy atom. The van der Waals surface area contributed by atoms with E-state index in [1.807, 2.05) is 0 Å². The number of aryl methyl sites for hydroxylation is 2. The molecule has 0 atom stereocenters. The van der Waals surface area contributed by atoms with Crippen LogP contribution >= 0.6 is 0 Å². The zero-order chi connectivity index (χ0) is 21.8. The van der Waals surface area contributed by atoms with Crippen molar-refractivity contribution in [3.05, 3.63) is 63.9 Å². The van der Waals surface area contributed by atoms with E-state index >= 15 is 0 Å². The van der Waals surface area contributed by atoms with Crippen molar-refractivity contribution in [3.63, 3.8) is 0 Å². The molecule has 10 nitrogen and oxygen atoms in total. The molecule has 1 aromatic carbocycles. The highest BCUT2D eigenvalue weighted by Crippen LogP contribution is 2.18. The van der Waals surface area contributed by atoms with E-state index in [1.54, 1.807) is 45.3 Å². The van der Waals surface area contributed by atoms with Crippen molar-refractivity contribution in [1.29, 1.82) is 0 Å². The second-order valence-electron chi connectivity index (χ2n) is 6.75. The van der Waals surface area contributed by atoms with Crippen LogP contribution in [-0.2, 0) is 18.4 Å². The summed E-state index contributed by atoms with van der Waals surface area (Å²) in [5.41, 5.74) is 3.70. The minimum absolute atomic E-state index is 0.172. The molecule has 3 aromatic rings. The summed E-state index contributed by atoms with van der Waals surface area (Å²) in [6.45, 7) is 5.10. The molecule has 10 heteroatoms. The van der Waals surface area contributed by atoms with Crippen molar-refractivity contribution in [3.8, 4) is 0 Å². The first kappa shape index (κ1) is 20.8. The second-order valence-corrected chi connectivity index (χ2v) is 6.75. The summed E-state index contributed by atoms with van der Waals surface area (Å²) in [7, 11) is 1.62. The van der Waals surface area contributed by atoms with E-state index in [1.165, 1.54) is 17.8 Å². The van der Waals surface area contributed by atoms with Gasteiger partial charge in [0, 0.05) is 32.4 Å². The molecule has 3 N–H and O–H groups in total. The molecular weight excluding hydrogens is 388 g/mol. The molecule has 0 saturated heterocycles. The van der Waals surface area contributed by atoms with E-state index in [2.05, 4.69) is 25.9 Å². The Bertz CT molecular complexity index is 1210. The normalized spacial score (nSPS) is 11.4. The smallest absolute Gasteiger partial charge is 0.408 e. The lowest BCUT2D eigenvalue weighted by atomic mass is 10.2. The van der Waals surface area contributed by atoms with Gasteiger partial charge >= 0.3 is 5.76 Å². The molecule has 0 saturated carbocycles. The SMILES string of the molecule is CC(=O)N/C(C)=C/Nc1c(C)ncnc1C(=O)NCc1ccc2oc(=O)n(C)c2c1. The second kappa shape index (κ2) is 8.60. The Morgan fingerprint density at radius 1 is 1.23 bits per heavy atom. The molecule has 156 valence electrons. The van der Waals surface area contributed by atoms with Crippen molar-refractivity contribution in [1.82, 2.24) is 25.2 Å². The third-order valence-electron chi connectivity index (χ3n) is 4.37. The van der Waals surface area contributed by atoms with Gasteiger partial charge in [-0.15, -0.1) is 0 Å². The van der Waals surface area contributed by atoms with E-state index in [-0.39, 0.29) is 18.1 Å². The first-order valence-corrected chi connectivity index (χ1v) is 9.15. The number of amides is 2. The summed E-state index contributed by atoms with van der Waals surface area (Å²) >= 11 is 0. The van der Waals surface area contributed by atoms with Crippen LogP contribution in [0, 0.1) is 6.92 Å². The van der Waals surface area contributed by atoms with Gasteiger partial charge in [-0.25, -0.2) is 14.8 Å². The number of benzene rings is 1. The Balaban J connectivity index is 1.77. The van der Waals surface area contributed by atoms with E-state index < -0.39 is 11.7 Å². The van der Waals surface area contributed by atoms with Gasteiger partial charge in [0.15, 0.2) is 11.3 Å². The number of aromatic nitrogens is 3. The molecule has 0 spiro atoms. The number of rotatable bonds is 6. The molecule has 0 unspecified atom stereocenters. The topological polar surface area (TPSA) is 131 Å². The van der Waals surface area contributed by atoms with E-state index in [0.717, 1.165) is 5.56 Å². The van der Waals surface area contributed by atoms with E-state index in [0.29, 0.717) is 28.2 Å². The van der Waals surface area contributed by atoms with Gasteiger partial charge in [-0.3, -0.25) is 14.2 Å². The third-order valence-corrected chi connectivity index (χ3v) is 4.37. The molecule has 0 aliphatic heterocycles. The van der Waals surface area contributed by atoms with Crippen LogP contribution in [0.2, 0.25) is 0 Å². The van der Waals surface area contributed by atoms with Gasteiger partial charge in [0.1, 0.15) is 6.33 Å². The fraction of sp³-hybridized carbons (Fsp3) is 0.250. The van der Waals surface area contributed by atoms with Crippen LogP contribution in [0.3, 0.4) is 0 Å². The van der Waals surface area contributed by atoms with Crippen molar-refractivity contribution in [2.24, 2.45) is 7.05 Å². The number of nitrogens with zero attached hydrogens (tertiary/aromatic N) is 3. The molecule has 0 radical (unpaired) electrons. The highest BCUT2D eigenvalue weighted by molar-refractivity contribution is 5.98. The van der Waals surface area contributed by atoms with Gasteiger partial charge in [0.25, 0.3) is 5.91 Å². The lowest BCUT2D eigenvalue weighted by molar-refractivity contribution is -0.118. The Hall–Kier alpha value is -3.95. The highest BCUT2D eigenvalue weighted by Gasteiger charge is 2.16. The Morgan fingerprint density at radius 3 is 2.73 bits per heavy atom. The predicted molar refractivity (Wildman–Crippen MR) is 111 cm³/mol. The maximum Gasteiger partial charge on any atom is 0.419 e. The average Bonchev–Trinajstić information content (AvgIpc) is 2.98. The Kier molecular flexibility index (Phi) is 5.95. The molecule has 2 amide bonds. The molecule has 0 aliphatic rings. The zero-order valence-electron chi connectivity index (χ0n) is 17.1. The van der Waals surface area contributed by atoms with Crippen molar-refractivity contribution < 1.29 is 14.0 Å². The van der Waals surface area contributed by atoms with Crippen LogP contribution in [0.4, 0.5) is 5.69 Å². The first-order chi connectivity index (χ1) is 14.3. The van der Waals surface area contributed by atoms with Crippen LogP contribution in [0.25, 0.3) is 11.1 Å². The lowest BCUT2D eigenvalue weighted by Crippen LogP contribution is -2.25. The van der Waals surface area contributed by atoms with Crippen LogP contribution in [0.1, 0.15) is 35.6 Å². The Labute approximate surface area is 172 Å². The zero-order valence-corrected chi connectivity index (χ0v) is 17.1. The fourth-order valence-electron chi connectivity index (χ4n) is 2.86. The third kappa shape index (κ3) is 4.54. The summed E-state index contributed by atoms with van der Waals surface area (Å²) in [4.78, 5) is 43.7. The van der Waals surface area contributed by atoms with Crippen LogP contribution in [0.5, 0.6) is 0 Å². The maximum atomic E-state index is 12.7. The van der Waals surface area contributed by atoms with E-state index in [4.69, 9.17) is 4.42 Å². The molecule has 0 aliphatic carbocycles. The summed E-state index contributed by atoms with van der Waals surface area (Å²) < 4.78 is 6.51. The molecule has 30 heavy (non-hydrogen) atoms. The van der Waals surface area contributed by atoms with Crippen LogP contribution < -0.4 is 21.7 Å². The summed E-state index contributed by atoms with van der Waals surface area (Å²) in [6.07, 6.45) is 2.88. The number of hydrogen-bond donors (Lipinski definition) is 3. The number of hydrogen-bond acceptors (Lipinski definition) is 7. The van der Waals surface area contributed by atoms with Gasteiger partial charge in [0.05, 0.1) is 16.9 Å². The van der Waals surface area contributed by atoms with E-state index in [9.17, 15) is 14.4 Å². The van der Waals surface area contributed by atoms with Gasteiger partial charge in [0.2, 0.25) is 5.91 Å². The maximum absolute atomic E-state index is 12.7. The number of carbonyl (C=O) groups is 2. The minimum atomic E-state index is -0.444. The van der Waals surface area contributed by atoms with Crippen molar-refractivity contribution >= 4 is 28.6 Å². The average molecular weight is 410 g/mol. The summed E-state index contributed by atoms with van der Waals surface area (Å²) in [5, 5.41) is 8.44. The molecule has 3 rings (SSSR count). The highest BCUT2D eigenvalue weighted by atomic mass is 16.4. The minimum Gasteiger partial charge on any atom is -0.408 e. The fourth-order valence-corrected chi connectivity index (χ4v) is 2.86. The number of allylic oxidation sites excluding steroid dienone is 1. The number of anilines is 1. The number of fused-ring (bicyclic) bond motifs is 1. The van der Waals surface area contributed by atoms with Crippen LogP contribution in [0.15, 0.2) is 45.6 Å². The van der Waals surface area contributed by atoms with Gasteiger partial charge < -0.3 is 20.4 Å². The quantitative estimate of drug-likeness (QED) is 0.562. The standard InChI is InChI=1S/C20H22N6O4/c1-11(25-13(3)27)8-21-17-12(2)23-10-24-18(17)19(28)22-9-14-5-6-16-15(7-14)26(4)20(29)30-16/h5-8,10,21H,9H2,1-4H3,(H,22,28)(H,25,27)/b11-8+.